The van der Waals surface area contributed by atoms with Gasteiger partial charge in [0.25, 0.3) is 0 Å². The molecule has 0 aromatic carbocycles. The summed E-state index contributed by atoms with van der Waals surface area (Å²) in [5.74, 6) is 0.889. The van der Waals surface area contributed by atoms with Gasteiger partial charge in [0.15, 0.2) is 12.6 Å². The van der Waals surface area contributed by atoms with Gasteiger partial charge in [-0.2, -0.15) is 0 Å². The van der Waals surface area contributed by atoms with Crippen molar-refractivity contribution in [2.24, 2.45) is 11.8 Å². The van der Waals surface area contributed by atoms with Crippen LogP contribution in [0.5, 0.6) is 0 Å². The molecule has 2 rings (SSSR count). The molecule has 24 heavy (non-hydrogen) atoms. The van der Waals surface area contributed by atoms with Gasteiger partial charge in [0.2, 0.25) is 0 Å². The van der Waals surface area contributed by atoms with Gasteiger partial charge in [-0.05, 0) is 32.1 Å². The van der Waals surface area contributed by atoms with Crippen LogP contribution >= 0.6 is 0 Å². The first-order valence-electron chi connectivity index (χ1n) is 9.94. The predicted molar refractivity (Wildman–Crippen MR) is 95.8 cm³/mol. The van der Waals surface area contributed by atoms with Gasteiger partial charge in [-0.15, -0.1) is 0 Å². The fourth-order valence-electron chi connectivity index (χ4n) is 3.14. The summed E-state index contributed by atoms with van der Waals surface area (Å²) < 4.78 is 23.4. The lowest BCUT2D eigenvalue weighted by Gasteiger charge is -2.32. The lowest BCUT2D eigenvalue weighted by Crippen LogP contribution is -2.34. The van der Waals surface area contributed by atoms with E-state index < -0.39 is 0 Å². The van der Waals surface area contributed by atoms with Gasteiger partial charge in [0.05, 0.1) is 26.4 Å². The summed E-state index contributed by atoms with van der Waals surface area (Å²) in [6.45, 7) is 7.60. The minimum atomic E-state index is -0.0527. The van der Waals surface area contributed by atoms with E-state index in [1.165, 1.54) is 25.7 Å². The van der Waals surface area contributed by atoms with Gasteiger partial charge < -0.3 is 18.9 Å². The van der Waals surface area contributed by atoms with E-state index in [1.807, 2.05) is 0 Å². The maximum Gasteiger partial charge on any atom is 0.157 e. The molecule has 0 spiro atoms. The molecule has 140 valence electrons. The smallest absolute Gasteiger partial charge is 0.157 e. The third-order valence-electron chi connectivity index (χ3n) is 4.75. The van der Waals surface area contributed by atoms with Crippen molar-refractivity contribution in [1.82, 2.24) is 0 Å². The van der Waals surface area contributed by atoms with Crippen LogP contribution in [0.2, 0.25) is 0 Å². The lowest BCUT2D eigenvalue weighted by atomic mass is 10.0. The third-order valence-corrected chi connectivity index (χ3v) is 4.75. The van der Waals surface area contributed by atoms with Crippen LogP contribution in [-0.4, -0.2) is 39.0 Å². The van der Waals surface area contributed by atoms with Gasteiger partial charge in [-0.1, -0.05) is 45.3 Å². The van der Waals surface area contributed by atoms with E-state index in [4.69, 9.17) is 18.9 Å². The first kappa shape index (κ1) is 19.9. The molecule has 2 aliphatic rings. The molecular weight excluding hydrogens is 304 g/mol. The Labute approximate surface area is 147 Å². The summed E-state index contributed by atoms with van der Waals surface area (Å²) in [6, 6.07) is 0. The minimum absolute atomic E-state index is 0.0191. The second-order valence-corrected chi connectivity index (χ2v) is 7.11. The van der Waals surface area contributed by atoms with Crippen molar-refractivity contribution in [3.8, 4) is 0 Å². The molecule has 2 aliphatic heterocycles. The highest BCUT2D eigenvalue weighted by molar-refractivity contribution is 4.89. The molecule has 0 aromatic heterocycles. The second kappa shape index (κ2) is 12.0. The Morgan fingerprint density at radius 3 is 2.08 bits per heavy atom. The molecule has 0 aliphatic carbocycles. The Morgan fingerprint density at radius 1 is 0.750 bits per heavy atom. The summed E-state index contributed by atoms with van der Waals surface area (Å²) in [6.07, 6.45) is 13.5. The van der Waals surface area contributed by atoms with Crippen molar-refractivity contribution >= 4 is 0 Å². The van der Waals surface area contributed by atoms with E-state index in [-0.39, 0.29) is 12.6 Å². The Balaban J connectivity index is 1.52. The van der Waals surface area contributed by atoms with Crippen LogP contribution in [0.3, 0.4) is 0 Å². The summed E-state index contributed by atoms with van der Waals surface area (Å²) >= 11 is 0. The molecule has 0 bridgehead atoms. The fourth-order valence-corrected chi connectivity index (χ4v) is 3.14. The quantitative estimate of drug-likeness (QED) is 0.427. The highest BCUT2D eigenvalue weighted by Crippen LogP contribution is 2.23. The van der Waals surface area contributed by atoms with Gasteiger partial charge in [0.1, 0.15) is 0 Å². The molecule has 4 heteroatoms. The molecule has 4 nitrogen and oxygen atoms in total. The van der Waals surface area contributed by atoms with Crippen LogP contribution < -0.4 is 0 Å². The van der Waals surface area contributed by atoms with Gasteiger partial charge in [-0.3, -0.25) is 0 Å². The topological polar surface area (TPSA) is 36.9 Å². The van der Waals surface area contributed by atoms with E-state index in [1.54, 1.807) is 0 Å². The van der Waals surface area contributed by atoms with Crippen molar-refractivity contribution in [2.45, 2.75) is 77.8 Å². The number of ether oxygens (including phenoxy) is 4. The van der Waals surface area contributed by atoms with E-state index in [0.717, 1.165) is 52.1 Å². The van der Waals surface area contributed by atoms with Crippen LogP contribution in [0.25, 0.3) is 0 Å². The summed E-state index contributed by atoms with van der Waals surface area (Å²) in [4.78, 5) is 0. The molecule has 0 saturated carbocycles. The van der Waals surface area contributed by atoms with Crippen molar-refractivity contribution in [3.63, 3.8) is 0 Å². The average molecular weight is 341 g/mol. The zero-order valence-electron chi connectivity index (χ0n) is 15.6. The first-order valence-corrected chi connectivity index (χ1v) is 9.94. The zero-order valence-corrected chi connectivity index (χ0v) is 15.6. The van der Waals surface area contributed by atoms with Crippen LogP contribution in [-0.2, 0) is 18.9 Å². The largest absolute Gasteiger partial charge is 0.352 e. The maximum absolute atomic E-state index is 5.84. The molecule has 0 atom stereocenters. The van der Waals surface area contributed by atoms with Crippen LogP contribution in [0, 0.1) is 11.8 Å². The lowest BCUT2D eigenvalue weighted by molar-refractivity contribution is -0.216. The SMILES string of the molecule is CCC/C=C/[C@H]1CO[C@H](CCC2COC(CCCCC)OC2)OC1. The molecule has 0 aromatic rings. The van der Waals surface area contributed by atoms with Gasteiger partial charge in [-0.25, -0.2) is 0 Å². The Hall–Kier alpha value is -0.420. The molecule has 2 heterocycles. The van der Waals surface area contributed by atoms with E-state index in [2.05, 4.69) is 26.0 Å². The van der Waals surface area contributed by atoms with E-state index in [9.17, 15) is 0 Å². The molecule has 0 unspecified atom stereocenters. The first-order chi connectivity index (χ1) is 11.8. The number of hydrogen-bond donors (Lipinski definition) is 0. The molecule has 2 saturated heterocycles. The predicted octanol–water partition coefficient (Wildman–Crippen LogP) is 4.68. The Bertz CT molecular complexity index is 329. The Kier molecular flexibility index (Phi) is 9.96. The number of unbranched alkanes of at least 4 members (excludes halogenated alkanes) is 3. The molecule has 2 fully saturated rings. The monoisotopic (exact) mass is 340 g/mol. The van der Waals surface area contributed by atoms with Crippen LogP contribution in [0.1, 0.15) is 65.2 Å². The van der Waals surface area contributed by atoms with Crippen molar-refractivity contribution < 1.29 is 18.9 Å². The highest BCUT2D eigenvalue weighted by Gasteiger charge is 2.25. The normalized spacial score (nSPS) is 31.6. The van der Waals surface area contributed by atoms with Crippen molar-refractivity contribution in [1.29, 1.82) is 0 Å². The summed E-state index contributed by atoms with van der Waals surface area (Å²) in [7, 11) is 0. The fraction of sp³-hybridized carbons (Fsp3) is 0.900. The second-order valence-electron chi connectivity index (χ2n) is 7.11. The van der Waals surface area contributed by atoms with E-state index >= 15 is 0 Å². The summed E-state index contributed by atoms with van der Waals surface area (Å²) in [5, 5.41) is 0. The molecular formula is C20H36O4. The maximum atomic E-state index is 5.84. The highest BCUT2D eigenvalue weighted by atomic mass is 16.7. The standard InChI is InChI=1S/C20H36O4/c1-3-5-7-9-17-13-23-20(24-14-17)12-11-18-15-21-19(22-16-18)10-8-6-4-2/h7,9,17-20H,3-6,8,10-16H2,1-2H3/b9-7+/t17-,18?,19?,20-. The van der Waals surface area contributed by atoms with Gasteiger partial charge >= 0.3 is 0 Å². The average Bonchev–Trinajstić information content (AvgIpc) is 2.63. The van der Waals surface area contributed by atoms with E-state index in [0.29, 0.717) is 11.8 Å². The number of rotatable bonds is 10. The van der Waals surface area contributed by atoms with Crippen molar-refractivity contribution in [3.05, 3.63) is 12.2 Å². The number of hydrogen-bond acceptors (Lipinski definition) is 4. The third kappa shape index (κ3) is 7.64. The minimum Gasteiger partial charge on any atom is -0.352 e. The van der Waals surface area contributed by atoms with Gasteiger partial charge in [0, 0.05) is 11.8 Å². The molecule has 0 N–H and O–H groups in total. The zero-order chi connectivity index (χ0) is 17.0. The summed E-state index contributed by atoms with van der Waals surface area (Å²) in [5.41, 5.74) is 0. The molecule has 0 amide bonds. The van der Waals surface area contributed by atoms with Crippen LogP contribution in [0.15, 0.2) is 12.2 Å². The van der Waals surface area contributed by atoms with Crippen LogP contribution in [0.4, 0.5) is 0 Å². The van der Waals surface area contributed by atoms with Crippen molar-refractivity contribution in [2.75, 3.05) is 26.4 Å². The number of allylic oxidation sites excluding steroid dienone is 1. The Morgan fingerprint density at radius 2 is 1.42 bits per heavy atom. The molecule has 0 radical (unpaired) electrons.